The molecule has 2 rings (SSSR count). The molecule has 22 heavy (non-hydrogen) atoms. The van der Waals surface area contributed by atoms with Crippen molar-refractivity contribution >= 4 is 7.82 Å². The quantitative estimate of drug-likeness (QED) is 0.599. The average Bonchev–Trinajstić information content (AvgIpc) is 2.48. The number of rotatable bonds is 6. The van der Waals surface area contributed by atoms with Crippen LogP contribution in [0.3, 0.4) is 0 Å². The third-order valence-corrected chi connectivity index (χ3v) is 4.29. The molecule has 2 aromatic carbocycles. The summed E-state index contributed by atoms with van der Waals surface area (Å²) < 4.78 is 22.5. The summed E-state index contributed by atoms with van der Waals surface area (Å²) in [6.07, 6.45) is -1.05. The first kappa shape index (κ1) is 19.1. The minimum absolute atomic E-state index is 0. The van der Waals surface area contributed by atoms with Gasteiger partial charge in [-0.2, -0.15) is 0 Å². The van der Waals surface area contributed by atoms with Crippen LogP contribution >= 0.6 is 7.82 Å². The summed E-state index contributed by atoms with van der Waals surface area (Å²) in [4.78, 5) is 9.89. The van der Waals surface area contributed by atoms with Crippen LogP contribution in [0.15, 0.2) is 60.7 Å². The van der Waals surface area contributed by atoms with E-state index in [9.17, 15) is 9.46 Å². The Kier molecular flexibility index (Phi) is 7.48. The van der Waals surface area contributed by atoms with E-state index >= 15 is 0 Å². The number of phosphoric acid groups is 1. The summed E-state index contributed by atoms with van der Waals surface area (Å²) >= 11 is 0. The van der Waals surface area contributed by atoms with Gasteiger partial charge in [-0.3, -0.25) is 9.05 Å². The van der Waals surface area contributed by atoms with Gasteiger partial charge < -0.3 is 4.89 Å². The Morgan fingerprint density at radius 2 is 1.14 bits per heavy atom. The largest absolute Gasteiger partial charge is 0.473 e. The van der Waals surface area contributed by atoms with Crippen molar-refractivity contribution in [3.63, 3.8) is 0 Å². The van der Waals surface area contributed by atoms with Crippen molar-refractivity contribution in [2.75, 3.05) is 0 Å². The fourth-order valence-electron chi connectivity index (χ4n) is 1.99. The summed E-state index contributed by atoms with van der Waals surface area (Å²) in [5, 5.41) is 0. The predicted octanol–water partition coefficient (Wildman–Crippen LogP) is 4.64. The SMILES string of the molecule is CC(OP(=O)(O)OC(C)c1ccccc1)c1ccccc1.[Ni]. The standard InChI is InChI=1S/C16H19O4P.Ni/c1-13(15-9-5-3-6-10-15)19-21(17,18)20-14(2)16-11-7-4-8-12-16;/h3-14H,1-2H3,(H,17,18);. The monoisotopic (exact) mass is 364 g/mol. The molecule has 6 heteroatoms. The Morgan fingerprint density at radius 3 is 1.45 bits per heavy atom. The minimum atomic E-state index is -4.14. The predicted molar refractivity (Wildman–Crippen MR) is 81.7 cm³/mol. The molecule has 0 saturated carbocycles. The van der Waals surface area contributed by atoms with Gasteiger partial charge in [0.05, 0.1) is 12.2 Å². The molecule has 4 nitrogen and oxygen atoms in total. The average molecular weight is 365 g/mol. The van der Waals surface area contributed by atoms with Crippen LogP contribution in [0.25, 0.3) is 0 Å². The molecule has 0 amide bonds. The van der Waals surface area contributed by atoms with Crippen molar-refractivity contribution in [2.45, 2.75) is 26.1 Å². The van der Waals surface area contributed by atoms with Gasteiger partial charge in [-0.1, -0.05) is 60.7 Å². The van der Waals surface area contributed by atoms with E-state index in [1.165, 1.54) is 0 Å². The van der Waals surface area contributed by atoms with Crippen LogP contribution in [0.1, 0.15) is 37.2 Å². The molecule has 0 aliphatic heterocycles. The molecule has 0 radical (unpaired) electrons. The minimum Gasteiger partial charge on any atom is -0.302 e. The zero-order valence-electron chi connectivity index (χ0n) is 12.4. The van der Waals surface area contributed by atoms with Crippen LogP contribution in [0.2, 0.25) is 0 Å². The smallest absolute Gasteiger partial charge is 0.302 e. The van der Waals surface area contributed by atoms with E-state index < -0.39 is 20.0 Å². The first-order valence-electron chi connectivity index (χ1n) is 6.77. The van der Waals surface area contributed by atoms with E-state index in [1.807, 2.05) is 60.7 Å². The van der Waals surface area contributed by atoms with Gasteiger partial charge >= 0.3 is 7.82 Å². The molecule has 2 unspecified atom stereocenters. The maximum atomic E-state index is 12.1. The van der Waals surface area contributed by atoms with Gasteiger partial charge in [-0.15, -0.1) is 0 Å². The van der Waals surface area contributed by atoms with Crippen LogP contribution in [-0.4, -0.2) is 4.89 Å². The van der Waals surface area contributed by atoms with Crippen molar-refractivity contribution in [1.82, 2.24) is 0 Å². The van der Waals surface area contributed by atoms with Crippen LogP contribution in [-0.2, 0) is 30.1 Å². The molecule has 1 N–H and O–H groups in total. The maximum Gasteiger partial charge on any atom is 0.473 e. The maximum absolute atomic E-state index is 12.1. The number of hydrogen-bond acceptors (Lipinski definition) is 3. The first-order valence-corrected chi connectivity index (χ1v) is 8.27. The third kappa shape index (κ3) is 5.68. The zero-order valence-corrected chi connectivity index (χ0v) is 14.2. The molecule has 0 aromatic heterocycles. The van der Waals surface area contributed by atoms with Crippen molar-refractivity contribution in [2.24, 2.45) is 0 Å². The van der Waals surface area contributed by atoms with Crippen LogP contribution in [0.5, 0.6) is 0 Å². The van der Waals surface area contributed by atoms with E-state index in [-0.39, 0.29) is 16.5 Å². The van der Waals surface area contributed by atoms with Gasteiger partial charge in [0.2, 0.25) is 0 Å². The van der Waals surface area contributed by atoms with E-state index in [0.29, 0.717) is 0 Å². The molecule has 0 bridgehead atoms. The molecular weight excluding hydrogens is 346 g/mol. The Hall–Kier alpha value is -0.956. The van der Waals surface area contributed by atoms with Crippen molar-refractivity contribution in [3.8, 4) is 0 Å². The second kappa shape index (κ2) is 8.62. The van der Waals surface area contributed by atoms with Gasteiger partial charge in [0, 0.05) is 16.5 Å². The normalized spacial score (nSPS) is 16.1. The number of hydrogen-bond donors (Lipinski definition) is 1. The van der Waals surface area contributed by atoms with Crippen LogP contribution < -0.4 is 0 Å². The van der Waals surface area contributed by atoms with E-state index in [0.717, 1.165) is 11.1 Å². The molecule has 2 atom stereocenters. The molecule has 0 aliphatic rings. The topological polar surface area (TPSA) is 55.8 Å². The van der Waals surface area contributed by atoms with E-state index in [1.54, 1.807) is 13.8 Å². The molecule has 0 saturated heterocycles. The molecule has 0 spiro atoms. The summed E-state index contributed by atoms with van der Waals surface area (Å²) in [5.74, 6) is 0. The van der Waals surface area contributed by atoms with Crippen LogP contribution in [0, 0.1) is 0 Å². The van der Waals surface area contributed by atoms with Gasteiger partial charge in [-0.05, 0) is 25.0 Å². The van der Waals surface area contributed by atoms with E-state index in [4.69, 9.17) is 9.05 Å². The van der Waals surface area contributed by atoms with Gasteiger partial charge in [0.25, 0.3) is 0 Å². The van der Waals surface area contributed by atoms with Crippen LogP contribution in [0.4, 0.5) is 0 Å². The second-order valence-corrected chi connectivity index (χ2v) is 6.14. The number of benzene rings is 2. The summed E-state index contributed by atoms with van der Waals surface area (Å²) in [6, 6.07) is 18.5. The Morgan fingerprint density at radius 1 is 0.818 bits per heavy atom. The zero-order chi connectivity index (χ0) is 15.3. The first-order chi connectivity index (χ1) is 9.98. The fourth-order valence-corrected chi connectivity index (χ4v) is 3.09. The van der Waals surface area contributed by atoms with Crippen molar-refractivity contribution < 1.29 is 35.0 Å². The van der Waals surface area contributed by atoms with Gasteiger partial charge in [0.15, 0.2) is 0 Å². The third-order valence-electron chi connectivity index (χ3n) is 3.12. The van der Waals surface area contributed by atoms with E-state index in [2.05, 4.69) is 0 Å². The molecule has 122 valence electrons. The molecule has 0 heterocycles. The molecule has 0 fully saturated rings. The summed E-state index contributed by atoms with van der Waals surface area (Å²) in [5.41, 5.74) is 1.64. The summed E-state index contributed by atoms with van der Waals surface area (Å²) in [6.45, 7) is 3.43. The Bertz CT molecular complexity index is 555. The van der Waals surface area contributed by atoms with Crippen molar-refractivity contribution in [1.29, 1.82) is 0 Å². The molecule has 0 aliphatic carbocycles. The Balaban J connectivity index is 0.00000242. The second-order valence-electron chi connectivity index (χ2n) is 4.79. The molecular formula is C16H19NiO4P. The Labute approximate surface area is 141 Å². The molecule has 2 aromatic rings. The van der Waals surface area contributed by atoms with Crippen molar-refractivity contribution in [3.05, 3.63) is 71.8 Å². The number of phosphoric ester groups is 1. The summed E-state index contributed by atoms with van der Waals surface area (Å²) in [7, 11) is -4.14. The fraction of sp³-hybridized carbons (Fsp3) is 0.250. The van der Waals surface area contributed by atoms with Gasteiger partial charge in [-0.25, -0.2) is 4.57 Å². The van der Waals surface area contributed by atoms with Gasteiger partial charge in [0.1, 0.15) is 0 Å².